The Labute approximate surface area is 203 Å². The van der Waals surface area contributed by atoms with Crippen LogP contribution in [0.5, 0.6) is 5.75 Å². The third kappa shape index (κ3) is 9.57. The maximum atomic E-state index is 12.5. The fourth-order valence-electron chi connectivity index (χ4n) is 3.27. The normalized spacial score (nSPS) is 12.1. The van der Waals surface area contributed by atoms with Crippen LogP contribution in [0.2, 0.25) is 0 Å². The number of hydrogen-bond acceptors (Lipinski definition) is 11. The van der Waals surface area contributed by atoms with Crippen molar-refractivity contribution >= 4 is 42.8 Å². The van der Waals surface area contributed by atoms with Gasteiger partial charge in [-0.25, -0.2) is 4.79 Å². The van der Waals surface area contributed by atoms with Crippen molar-refractivity contribution in [3.8, 4) is 5.75 Å². The first-order chi connectivity index (χ1) is 16.3. The average molecular weight is 536 g/mol. The number of rotatable bonds is 14. The van der Waals surface area contributed by atoms with Crippen LogP contribution in [-0.4, -0.2) is 62.4 Å². The van der Waals surface area contributed by atoms with E-state index in [2.05, 4.69) is 5.32 Å². The second-order valence-corrected chi connectivity index (χ2v) is 11.0. The standard InChI is InChI=1S/C21H29NO11S2/c1-14(23)22-18-12-17-15(7-5-9-31-34(3,25)26)11-16(8-6-10-32-35(4,27)28)19(30-13-29-2)20(17)33-21(18)24/h11-12H,5-10,13H2,1-4H3,(H,22,23). The summed E-state index contributed by atoms with van der Waals surface area (Å²) < 4.78 is 70.8. The van der Waals surface area contributed by atoms with Crippen molar-refractivity contribution in [1.29, 1.82) is 0 Å². The topological polar surface area (TPSA) is 165 Å². The molecule has 0 aliphatic carbocycles. The number of methoxy groups -OCH3 is 1. The Morgan fingerprint density at radius 2 is 1.54 bits per heavy atom. The summed E-state index contributed by atoms with van der Waals surface area (Å²) in [6, 6.07) is 3.25. The van der Waals surface area contributed by atoms with E-state index in [0.29, 0.717) is 42.2 Å². The maximum absolute atomic E-state index is 12.5. The predicted molar refractivity (Wildman–Crippen MR) is 128 cm³/mol. The van der Waals surface area contributed by atoms with Gasteiger partial charge in [-0.05, 0) is 42.9 Å². The summed E-state index contributed by atoms with van der Waals surface area (Å²) in [4.78, 5) is 24.0. The second kappa shape index (κ2) is 12.4. The molecule has 14 heteroatoms. The van der Waals surface area contributed by atoms with E-state index in [4.69, 9.17) is 22.3 Å². The van der Waals surface area contributed by atoms with E-state index >= 15 is 0 Å². The number of amides is 1. The highest BCUT2D eigenvalue weighted by atomic mass is 32.2. The van der Waals surface area contributed by atoms with Gasteiger partial charge < -0.3 is 19.2 Å². The summed E-state index contributed by atoms with van der Waals surface area (Å²) in [6.45, 7) is 0.973. The van der Waals surface area contributed by atoms with Gasteiger partial charge >= 0.3 is 5.63 Å². The minimum atomic E-state index is -3.60. The van der Waals surface area contributed by atoms with Gasteiger partial charge in [0.15, 0.2) is 18.1 Å². The number of fused-ring (bicyclic) bond motifs is 1. The number of benzene rings is 1. The first kappa shape index (κ1) is 28.7. The van der Waals surface area contributed by atoms with Crippen molar-refractivity contribution < 1.29 is 43.9 Å². The molecule has 0 aliphatic heterocycles. The Kier molecular flexibility index (Phi) is 10.2. The van der Waals surface area contributed by atoms with Crippen molar-refractivity contribution in [2.75, 3.05) is 44.9 Å². The summed E-state index contributed by atoms with van der Waals surface area (Å²) in [5.74, 6) is -0.234. The lowest BCUT2D eigenvalue weighted by Gasteiger charge is -2.17. The lowest BCUT2D eigenvalue weighted by Crippen LogP contribution is -2.15. The molecule has 0 fully saturated rings. The van der Waals surface area contributed by atoms with Crippen LogP contribution in [0.1, 0.15) is 30.9 Å². The number of anilines is 1. The number of carbonyl (C=O) groups is 1. The van der Waals surface area contributed by atoms with E-state index in [-0.39, 0.29) is 37.0 Å². The largest absolute Gasteiger partial charge is 0.463 e. The first-order valence-electron chi connectivity index (χ1n) is 10.5. The van der Waals surface area contributed by atoms with Crippen LogP contribution in [0.3, 0.4) is 0 Å². The van der Waals surface area contributed by atoms with Crippen molar-refractivity contribution in [1.82, 2.24) is 0 Å². The van der Waals surface area contributed by atoms with Crippen LogP contribution in [0, 0.1) is 0 Å². The summed E-state index contributed by atoms with van der Waals surface area (Å²) in [6.07, 6.45) is 3.20. The molecule has 196 valence electrons. The quantitative estimate of drug-likeness (QED) is 0.161. The van der Waals surface area contributed by atoms with Crippen LogP contribution in [0.4, 0.5) is 5.69 Å². The van der Waals surface area contributed by atoms with Gasteiger partial charge in [0.05, 0.1) is 25.7 Å². The molecule has 1 N–H and O–H groups in total. The molecule has 0 bridgehead atoms. The Morgan fingerprint density at radius 3 is 2.06 bits per heavy atom. The molecule has 35 heavy (non-hydrogen) atoms. The van der Waals surface area contributed by atoms with Crippen LogP contribution < -0.4 is 15.7 Å². The zero-order valence-electron chi connectivity index (χ0n) is 19.9. The fourth-order valence-corrected chi connectivity index (χ4v) is 4.11. The van der Waals surface area contributed by atoms with E-state index in [0.717, 1.165) is 12.5 Å². The van der Waals surface area contributed by atoms with Gasteiger partial charge in [0.2, 0.25) is 5.91 Å². The lowest BCUT2D eigenvalue weighted by atomic mass is 9.97. The highest BCUT2D eigenvalue weighted by molar-refractivity contribution is 7.86. The minimum Gasteiger partial charge on any atom is -0.463 e. The molecule has 2 aromatic rings. The van der Waals surface area contributed by atoms with Gasteiger partial charge in [-0.2, -0.15) is 16.8 Å². The third-order valence-electron chi connectivity index (χ3n) is 4.55. The molecule has 1 amide bonds. The molecule has 1 aromatic heterocycles. The number of ether oxygens (including phenoxy) is 2. The number of aryl methyl sites for hydroxylation is 2. The molecule has 0 atom stereocenters. The van der Waals surface area contributed by atoms with Crippen LogP contribution in [0.25, 0.3) is 11.0 Å². The Hall–Kier alpha value is -2.52. The molecule has 2 rings (SSSR count). The summed E-state index contributed by atoms with van der Waals surface area (Å²) >= 11 is 0. The summed E-state index contributed by atoms with van der Waals surface area (Å²) in [5.41, 5.74) is 0.531. The third-order valence-corrected chi connectivity index (χ3v) is 5.74. The van der Waals surface area contributed by atoms with E-state index in [1.165, 1.54) is 20.1 Å². The molecular formula is C21H29NO11S2. The van der Waals surface area contributed by atoms with E-state index < -0.39 is 31.8 Å². The summed E-state index contributed by atoms with van der Waals surface area (Å²) in [7, 11) is -5.79. The van der Waals surface area contributed by atoms with Crippen molar-refractivity contribution in [2.45, 2.75) is 32.6 Å². The highest BCUT2D eigenvalue weighted by Gasteiger charge is 2.19. The average Bonchev–Trinajstić information content (AvgIpc) is 2.72. The monoisotopic (exact) mass is 535 g/mol. The zero-order valence-corrected chi connectivity index (χ0v) is 21.5. The molecule has 0 spiro atoms. The molecule has 1 heterocycles. The number of hydrogen-bond donors (Lipinski definition) is 1. The molecule has 1 aromatic carbocycles. The van der Waals surface area contributed by atoms with Crippen LogP contribution >= 0.6 is 0 Å². The van der Waals surface area contributed by atoms with Gasteiger partial charge in [0.25, 0.3) is 20.2 Å². The smallest absolute Gasteiger partial charge is 0.360 e. The maximum Gasteiger partial charge on any atom is 0.360 e. The van der Waals surface area contributed by atoms with E-state index in [1.54, 1.807) is 6.07 Å². The number of nitrogens with one attached hydrogen (secondary N) is 1. The molecule has 12 nitrogen and oxygen atoms in total. The van der Waals surface area contributed by atoms with Gasteiger partial charge in [-0.1, -0.05) is 6.07 Å². The Bertz CT molecular complexity index is 1320. The predicted octanol–water partition coefficient (Wildman–Crippen LogP) is 1.55. The van der Waals surface area contributed by atoms with Gasteiger partial charge in [0, 0.05) is 19.4 Å². The van der Waals surface area contributed by atoms with Crippen LogP contribution in [-0.2, 0) is 51.0 Å². The molecule has 0 aliphatic rings. The summed E-state index contributed by atoms with van der Waals surface area (Å²) in [5, 5.41) is 2.89. The van der Waals surface area contributed by atoms with E-state index in [9.17, 15) is 26.4 Å². The second-order valence-electron chi connectivity index (χ2n) is 7.71. The van der Waals surface area contributed by atoms with Crippen LogP contribution in [0.15, 0.2) is 21.3 Å². The van der Waals surface area contributed by atoms with E-state index in [1.807, 2.05) is 0 Å². The SMILES string of the molecule is COCOc1c(CCCOS(C)(=O)=O)cc(CCCOS(C)(=O)=O)c2cc(NC(C)=O)c(=O)oc12. The lowest BCUT2D eigenvalue weighted by molar-refractivity contribution is -0.114. The van der Waals surface area contributed by atoms with Crippen molar-refractivity contribution in [3.05, 3.63) is 33.7 Å². The van der Waals surface area contributed by atoms with Crippen molar-refractivity contribution in [3.63, 3.8) is 0 Å². The minimum absolute atomic E-state index is 0.0604. The fraction of sp³-hybridized carbons (Fsp3) is 0.524. The Morgan fingerprint density at radius 1 is 0.971 bits per heavy atom. The van der Waals surface area contributed by atoms with Gasteiger partial charge in [0.1, 0.15) is 5.69 Å². The zero-order chi connectivity index (χ0) is 26.2. The van der Waals surface area contributed by atoms with Crippen molar-refractivity contribution in [2.24, 2.45) is 0 Å². The molecular weight excluding hydrogens is 506 g/mol. The van der Waals surface area contributed by atoms with Gasteiger partial charge in [-0.15, -0.1) is 0 Å². The first-order valence-corrected chi connectivity index (χ1v) is 14.1. The number of carbonyl (C=O) groups excluding carboxylic acids is 1. The molecule has 0 radical (unpaired) electrons. The van der Waals surface area contributed by atoms with Gasteiger partial charge in [-0.3, -0.25) is 13.2 Å². The molecule has 0 saturated heterocycles. The Balaban J connectivity index is 2.53. The molecule has 0 unspecified atom stereocenters. The highest BCUT2D eigenvalue weighted by Crippen LogP contribution is 2.35. The molecule has 0 saturated carbocycles.